The number of nitrogens with zero attached hydrogens (tertiary/aromatic N) is 3. The largest absolute Gasteiger partial charge is 0.444 e. The number of hydrogen-bond donors (Lipinski definition) is 1. The second-order valence-electron chi connectivity index (χ2n) is 5.00. The van der Waals surface area contributed by atoms with E-state index in [0.29, 0.717) is 27.8 Å². The maximum Gasteiger partial charge on any atom is 0.292 e. The number of anilines is 1. The summed E-state index contributed by atoms with van der Waals surface area (Å²) in [6.07, 6.45) is 0. The average molecular weight is 377 g/mol. The summed E-state index contributed by atoms with van der Waals surface area (Å²) >= 11 is 3.17. The Morgan fingerprint density at radius 1 is 1.22 bits per heavy atom. The molecule has 1 amide bonds. The van der Waals surface area contributed by atoms with Gasteiger partial charge in [0, 0.05) is 12.6 Å². The molecular formula is C15H13BrN4O3. The SMILES string of the molecule is Cc1cc(C)c(-c2noc(C)n2)c(NC(=O)c2ccc(Br)o2)n1. The smallest absolute Gasteiger partial charge is 0.292 e. The lowest BCUT2D eigenvalue weighted by molar-refractivity contribution is 0.0995. The molecule has 0 atom stereocenters. The summed E-state index contributed by atoms with van der Waals surface area (Å²) in [5.74, 6) is 0.944. The van der Waals surface area contributed by atoms with E-state index >= 15 is 0 Å². The van der Waals surface area contributed by atoms with Gasteiger partial charge in [0.2, 0.25) is 11.7 Å². The number of hydrogen-bond acceptors (Lipinski definition) is 6. The van der Waals surface area contributed by atoms with Gasteiger partial charge in [-0.15, -0.1) is 0 Å². The van der Waals surface area contributed by atoms with Crippen LogP contribution in [-0.2, 0) is 0 Å². The standard InChI is InChI=1S/C15H13BrN4O3/c1-7-6-8(2)17-13(12(7)14-18-9(3)23-20-14)19-15(21)10-4-5-11(16)22-10/h4-6H,1-3H3,(H,17,19,21). The predicted molar refractivity (Wildman–Crippen MR) is 86.1 cm³/mol. The van der Waals surface area contributed by atoms with E-state index in [1.165, 1.54) is 0 Å². The molecule has 8 heteroatoms. The monoisotopic (exact) mass is 376 g/mol. The Hall–Kier alpha value is -2.48. The van der Waals surface area contributed by atoms with Crippen molar-refractivity contribution in [3.05, 3.63) is 45.8 Å². The Kier molecular flexibility index (Phi) is 3.99. The minimum Gasteiger partial charge on any atom is -0.444 e. The molecule has 3 aromatic heterocycles. The Morgan fingerprint density at radius 2 is 2.00 bits per heavy atom. The van der Waals surface area contributed by atoms with Crippen LogP contribution in [0.1, 0.15) is 27.7 Å². The Morgan fingerprint density at radius 3 is 2.61 bits per heavy atom. The van der Waals surface area contributed by atoms with Crippen LogP contribution in [0.2, 0.25) is 0 Å². The van der Waals surface area contributed by atoms with Gasteiger partial charge in [-0.2, -0.15) is 4.98 Å². The molecule has 0 bridgehead atoms. The third-order valence-electron chi connectivity index (χ3n) is 3.12. The molecule has 23 heavy (non-hydrogen) atoms. The van der Waals surface area contributed by atoms with Crippen LogP contribution in [0, 0.1) is 20.8 Å². The lowest BCUT2D eigenvalue weighted by atomic mass is 10.1. The molecule has 3 aromatic rings. The number of aromatic nitrogens is 3. The highest BCUT2D eigenvalue weighted by atomic mass is 79.9. The van der Waals surface area contributed by atoms with Crippen molar-refractivity contribution >= 4 is 27.7 Å². The number of nitrogens with one attached hydrogen (secondary N) is 1. The first-order valence-electron chi connectivity index (χ1n) is 6.79. The van der Waals surface area contributed by atoms with Crippen molar-refractivity contribution in [3.8, 4) is 11.4 Å². The van der Waals surface area contributed by atoms with Crippen LogP contribution in [-0.4, -0.2) is 21.0 Å². The van der Waals surface area contributed by atoms with E-state index in [1.54, 1.807) is 19.1 Å². The highest BCUT2D eigenvalue weighted by Gasteiger charge is 2.20. The molecule has 3 rings (SSSR count). The van der Waals surface area contributed by atoms with Crippen molar-refractivity contribution in [1.82, 2.24) is 15.1 Å². The van der Waals surface area contributed by atoms with E-state index < -0.39 is 5.91 Å². The summed E-state index contributed by atoms with van der Waals surface area (Å²) in [4.78, 5) is 20.9. The second kappa shape index (κ2) is 5.96. The zero-order valence-corrected chi connectivity index (χ0v) is 14.3. The molecule has 0 saturated carbocycles. The molecule has 7 nitrogen and oxygen atoms in total. The van der Waals surface area contributed by atoms with Crippen LogP contribution in [0.3, 0.4) is 0 Å². The molecule has 0 spiro atoms. The number of furan rings is 1. The minimum absolute atomic E-state index is 0.174. The summed E-state index contributed by atoms with van der Waals surface area (Å²) in [6, 6.07) is 5.10. The molecular weight excluding hydrogens is 364 g/mol. The number of carbonyl (C=O) groups is 1. The molecule has 3 heterocycles. The normalized spacial score (nSPS) is 10.8. The van der Waals surface area contributed by atoms with E-state index in [4.69, 9.17) is 8.94 Å². The number of carbonyl (C=O) groups excluding carboxylic acids is 1. The fraction of sp³-hybridized carbons (Fsp3) is 0.200. The first kappa shape index (κ1) is 15.4. The van der Waals surface area contributed by atoms with Gasteiger partial charge in [0.25, 0.3) is 5.91 Å². The van der Waals surface area contributed by atoms with Gasteiger partial charge in [0.05, 0.1) is 5.56 Å². The third-order valence-corrected chi connectivity index (χ3v) is 3.55. The lowest BCUT2D eigenvalue weighted by Gasteiger charge is -2.10. The van der Waals surface area contributed by atoms with Gasteiger partial charge in [-0.3, -0.25) is 4.79 Å². The number of halogens is 1. The molecule has 0 aliphatic heterocycles. The molecule has 0 aliphatic carbocycles. The number of pyridine rings is 1. The van der Waals surface area contributed by atoms with Crippen LogP contribution in [0.15, 0.2) is 31.8 Å². The van der Waals surface area contributed by atoms with E-state index in [-0.39, 0.29) is 5.76 Å². The van der Waals surface area contributed by atoms with Crippen LogP contribution in [0.5, 0.6) is 0 Å². The van der Waals surface area contributed by atoms with Gasteiger partial charge in [-0.1, -0.05) is 5.16 Å². The van der Waals surface area contributed by atoms with Crippen molar-refractivity contribution in [2.75, 3.05) is 5.32 Å². The topological polar surface area (TPSA) is 94.1 Å². The number of amides is 1. The van der Waals surface area contributed by atoms with Gasteiger partial charge in [0.15, 0.2) is 10.4 Å². The Labute approximate surface area is 140 Å². The zero-order valence-electron chi connectivity index (χ0n) is 12.7. The van der Waals surface area contributed by atoms with Crippen LogP contribution in [0.25, 0.3) is 11.4 Å². The van der Waals surface area contributed by atoms with Gasteiger partial charge in [-0.25, -0.2) is 4.98 Å². The van der Waals surface area contributed by atoms with Crippen LogP contribution < -0.4 is 5.32 Å². The van der Waals surface area contributed by atoms with Crippen molar-refractivity contribution in [1.29, 1.82) is 0 Å². The second-order valence-corrected chi connectivity index (χ2v) is 5.78. The van der Waals surface area contributed by atoms with Crippen molar-refractivity contribution in [3.63, 3.8) is 0 Å². The first-order valence-corrected chi connectivity index (χ1v) is 7.59. The molecule has 0 aliphatic rings. The quantitative estimate of drug-likeness (QED) is 0.749. The molecule has 0 unspecified atom stereocenters. The molecule has 0 fully saturated rings. The fourth-order valence-electron chi connectivity index (χ4n) is 2.22. The molecule has 0 saturated heterocycles. The summed E-state index contributed by atoms with van der Waals surface area (Å²) in [5.41, 5.74) is 2.27. The van der Waals surface area contributed by atoms with E-state index in [2.05, 4.69) is 36.4 Å². The fourth-order valence-corrected chi connectivity index (χ4v) is 2.52. The van der Waals surface area contributed by atoms with Gasteiger partial charge < -0.3 is 14.3 Å². The molecule has 1 N–H and O–H groups in total. The van der Waals surface area contributed by atoms with Gasteiger partial charge >= 0.3 is 0 Å². The molecule has 118 valence electrons. The summed E-state index contributed by atoms with van der Waals surface area (Å²) < 4.78 is 10.8. The number of rotatable bonds is 3. The van der Waals surface area contributed by atoms with Crippen molar-refractivity contribution in [2.24, 2.45) is 0 Å². The summed E-state index contributed by atoms with van der Waals surface area (Å²) in [5, 5.41) is 6.66. The highest BCUT2D eigenvalue weighted by molar-refractivity contribution is 9.10. The predicted octanol–water partition coefficient (Wildman–Crippen LogP) is 3.66. The highest BCUT2D eigenvalue weighted by Crippen LogP contribution is 2.29. The van der Waals surface area contributed by atoms with E-state index in [9.17, 15) is 4.79 Å². The average Bonchev–Trinajstić information content (AvgIpc) is 3.07. The van der Waals surface area contributed by atoms with Crippen LogP contribution >= 0.6 is 15.9 Å². The maximum atomic E-state index is 12.3. The summed E-state index contributed by atoms with van der Waals surface area (Å²) in [7, 11) is 0. The van der Waals surface area contributed by atoms with Gasteiger partial charge in [-0.05, 0) is 53.5 Å². The lowest BCUT2D eigenvalue weighted by Crippen LogP contribution is -2.14. The minimum atomic E-state index is -0.408. The van der Waals surface area contributed by atoms with Crippen molar-refractivity contribution < 1.29 is 13.7 Å². The van der Waals surface area contributed by atoms with E-state index in [1.807, 2.05) is 19.9 Å². The Bertz CT molecular complexity index is 885. The van der Waals surface area contributed by atoms with Gasteiger partial charge in [0.1, 0.15) is 5.82 Å². The molecule has 0 radical (unpaired) electrons. The summed E-state index contributed by atoms with van der Waals surface area (Å²) in [6.45, 7) is 5.44. The zero-order chi connectivity index (χ0) is 16.6. The maximum absolute atomic E-state index is 12.3. The molecule has 0 aromatic carbocycles. The third kappa shape index (κ3) is 3.16. The van der Waals surface area contributed by atoms with Crippen LogP contribution in [0.4, 0.5) is 5.82 Å². The van der Waals surface area contributed by atoms with E-state index in [0.717, 1.165) is 11.3 Å². The first-order chi connectivity index (χ1) is 10.9. The van der Waals surface area contributed by atoms with Crippen molar-refractivity contribution in [2.45, 2.75) is 20.8 Å². The number of aryl methyl sites for hydroxylation is 3. The Balaban J connectivity index is 2.02.